The Balaban J connectivity index is 0.00000400. The summed E-state index contributed by atoms with van der Waals surface area (Å²) in [6, 6.07) is 5.99. The van der Waals surface area contributed by atoms with Crippen LogP contribution in [0.15, 0.2) is 18.2 Å². The molecule has 0 heterocycles. The van der Waals surface area contributed by atoms with E-state index >= 15 is 0 Å². The van der Waals surface area contributed by atoms with E-state index in [1.54, 1.807) is 7.11 Å². The largest absolute Gasteiger partial charge is 0.496 e. The number of nitrogens with one attached hydrogen (secondary N) is 1. The Bertz CT molecular complexity index is 425. The molecule has 21 heavy (non-hydrogen) atoms. The summed E-state index contributed by atoms with van der Waals surface area (Å²) in [7, 11) is 1.66. The number of halogens is 1. The van der Waals surface area contributed by atoms with Gasteiger partial charge in [-0.2, -0.15) is 0 Å². The smallest absolute Gasteiger partial charge is 0.220 e. The van der Waals surface area contributed by atoms with E-state index in [4.69, 9.17) is 10.5 Å². The van der Waals surface area contributed by atoms with E-state index in [0.717, 1.165) is 49.1 Å². The molecule has 1 aromatic carbocycles. The number of carbonyl (C=O) groups is 1. The first-order valence-electron chi connectivity index (χ1n) is 7.27. The maximum Gasteiger partial charge on any atom is 0.220 e. The van der Waals surface area contributed by atoms with Crippen molar-refractivity contribution in [2.24, 2.45) is 5.73 Å². The highest BCUT2D eigenvalue weighted by Gasteiger charge is 2.03. The van der Waals surface area contributed by atoms with E-state index in [2.05, 4.69) is 5.32 Å². The minimum absolute atomic E-state index is 0. The van der Waals surface area contributed by atoms with Crippen LogP contribution >= 0.6 is 12.4 Å². The normalized spacial score (nSPS) is 9.86. The van der Waals surface area contributed by atoms with Gasteiger partial charge in [-0.3, -0.25) is 4.79 Å². The van der Waals surface area contributed by atoms with Crippen molar-refractivity contribution in [3.05, 3.63) is 29.3 Å². The first-order valence-corrected chi connectivity index (χ1v) is 7.27. The predicted octanol–water partition coefficient (Wildman–Crippen LogP) is 2.95. The van der Waals surface area contributed by atoms with Crippen LogP contribution < -0.4 is 15.8 Å². The fraction of sp³-hybridized carbons (Fsp3) is 0.562. The van der Waals surface area contributed by atoms with E-state index in [-0.39, 0.29) is 18.3 Å². The molecular formula is C16H27ClN2O2. The van der Waals surface area contributed by atoms with Crippen molar-refractivity contribution >= 4 is 18.3 Å². The lowest BCUT2D eigenvalue weighted by molar-refractivity contribution is -0.121. The average Bonchev–Trinajstić information content (AvgIpc) is 2.46. The van der Waals surface area contributed by atoms with Gasteiger partial charge in [0.15, 0.2) is 0 Å². The Morgan fingerprint density at radius 2 is 1.95 bits per heavy atom. The average molecular weight is 315 g/mol. The zero-order valence-corrected chi connectivity index (χ0v) is 13.8. The molecule has 0 aliphatic heterocycles. The topological polar surface area (TPSA) is 64.3 Å². The molecule has 3 N–H and O–H groups in total. The minimum atomic E-state index is 0. The van der Waals surface area contributed by atoms with Crippen LogP contribution in [0.1, 0.15) is 43.2 Å². The molecule has 0 bridgehead atoms. The van der Waals surface area contributed by atoms with E-state index in [9.17, 15) is 4.79 Å². The number of nitrogens with two attached hydrogens (primary N) is 1. The summed E-state index contributed by atoms with van der Waals surface area (Å²) in [5, 5.41) is 2.94. The highest BCUT2D eigenvalue weighted by atomic mass is 35.5. The van der Waals surface area contributed by atoms with Gasteiger partial charge in [-0.25, -0.2) is 0 Å². The third kappa shape index (κ3) is 7.93. The van der Waals surface area contributed by atoms with Gasteiger partial charge >= 0.3 is 0 Å². The number of hydrogen-bond donors (Lipinski definition) is 2. The van der Waals surface area contributed by atoms with Crippen molar-refractivity contribution in [2.75, 3.05) is 13.7 Å². The van der Waals surface area contributed by atoms with Gasteiger partial charge in [-0.1, -0.05) is 25.0 Å². The van der Waals surface area contributed by atoms with Gasteiger partial charge in [0.2, 0.25) is 5.91 Å². The summed E-state index contributed by atoms with van der Waals surface area (Å²) in [6.07, 6.45) is 4.75. The van der Waals surface area contributed by atoms with Crippen LogP contribution in [-0.4, -0.2) is 19.6 Å². The van der Waals surface area contributed by atoms with Crippen LogP contribution in [0, 0.1) is 6.92 Å². The third-order valence-corrected chi connectivity index (χ3v) is 3.32. The van der Waals surface area contributed by atoms with Crippen LogP contribution in [0.2, 0.25) is 0 Å². The Hall–Kier alpha value is -1.26. The second-order valence-corrected chi connectivity index (χ2v) is 5.03. The first kappa shape index (κ1) is 19.7. The zero-order chi connectivity index (χ0) is 14.8. The summed E-state index contributed by atoms with van der Waals surface area (Å²) < 4.78 is 5.27. The Morgan fingerprint density at radius 3 is 2.62 bits per heavy atom. The van der Waals surface area contributed by atoms with Crippen molar-refractivity contribution in [3.63, 3.8) is 0 Å². The molecule has 5 heteroatoms. The van der Waals surface area contributed by atoms with Gasteiger partial charge in [0, 0.05) is 13.0 Å². The molecule has 1 amide bonds. The third-order valence-electron chi connectivity index (χ3n) is 3.32. The number of unbranched alkanes of at least 4 members (excludes halogenated alkanes) is 3. The maximum atomic E-state index is 11.7. The number of amides is 1. The summed E-state index contributed by atoms with van der Waals surface area (Å²) in [5.41, 5.74) is 7.59. The Labute approximate surface area is 133 Å². The number of hydrogen-bond acceptors (Lipinski definition) is 3. The lowest BCUT2D eigenvalue weighted by atomic mass is 10.1. The molecule has 0 spiro atoms. The molecule has 0 aromatic heterocycles. The molecule has 0 saturated carbocycles. The molecule has 0 fully saturated rings. The number of rotatable bonds is 9. The van der Waals surface area contributed by atoms with Gasteiger partial charge < -0.3 is 15.8 Å². The minimum Gasteiger partial charge on any atom is -0.496 e. The molecule has 1 aromatic rings. The van der Waals surface area contributed by atoms with E-state index < -0.39 is 0 Å². The van der Waals surface area contributed by atoms with Gasteiger partial charge in [0.25, 0.3) is 0 Å². The molecule has 4 nitrogen and oxygen atoms in total. The van der Waals surface area contributed by atoms with Crippen molar-refractivity contribution in [3.8, 4) is 5.75 Å². The molecular weight excluding hydrogens is 288 g/mol. The van der Waals surface area contributed by atoms with Crippen LogP contribution in [0.3, 0.4) is 0 Å². The molecule has 0 aliphatic carbocycles. The van der Waals surface area contributed by atoms with Gasteiger partial charge in [0.1, 0.15) is 5.75 Å². The zero-order valence-electron chi connectivity index (χ0n) is 13.0. The van der Waals surface area contributed by atoms with Crippen molar-refractivity contribution in [1.82, 2.24) is 5.32 Å². The first-order chi connectivity index (χ1) is 9.67. The molecule has 1 rings (SSSR count). The van der Waals surface area contributed by atoms with Gasteiger partial charge in [-0.05, 0) is 43.5 Å². The summed E-state index contributed by atoms with van der Waals surface area (Å²) in [6.45, 7) is 3.29. The van der Waals surface area contributed by atoms with Gasteiger partial charge in [0.05, 0.1) is 7.11 Å². The predicted molar refractivity (Wildman–Crippen MR) is 89.0 cm³/mol. The molecule has 0 aliphatic rings. The lowest BCUT2D eigenvalue weighted by Gasteiger charge is -2.09. The van der Waals surface area contributed by atoms with Crippen molar-refractivity contribution in [2.45, 2.75) is 45.6 Å². The van der Waals surface area contributed by atoms with E-state index in [1.165, 1.54) is 0 Å². The Morgan fingerprint density at radius 1 is 1.24 bits per heavy atom. The second kappa shape index (κ2) is 11.4. The van der Waals surface area contributed by atoms with Crippen LogP contribution in [-0.2, 0) is 11.3 Å². The molecule has 0 saturated heterocycles. The molecule has 120 valence electrons. The molecule has 0 unspecified atom stereocenters. The monoisotopic (exact) mass is 314 g/mol. The lowest BCUT2D eigenvalue weighted by Crippen LogP contribution is -2.22. The van der Waals surface area contributed by atoms with E-state index in [0.29, 0.717) is 13.0 Å². The molecule has 0 atom stereocenters. The standard InChI is InChI=1S/C16H26N2O2.ClH/c1-13-8-9-14(11-15(13)20-2)12-18-16(19)7-5-3-4-6-10-17;/h8-9,11H,3-7,10,12,17H2,1-2H3,(H,18,19);1H. The number of carbonyl (C=O) groups excluding carboxylic acids is 1. The van der Waals surface area contributed by atoms with Crippen LogP contribution in [0.5, 0.6) is 5.75 Å². The highest BCUT2D eigenvalue weighted by Crippen LogP contribution is 2.18. The fourth-order valence-corrected chi connectivity index (χ4v) is 2.05. The summed E-state index contributed by atoms with van der Waals surface area (Å²) in [4.78, 5) is 11.7. The number of aryl methyl sites for hydroxylation is 1. The SMILES string of the molecule is COc1cc(CNC(=O)CCCCCCN)ccc1C.Cl. The Kier molecular flexibility index (Phi) is 10.7. The van der Waals surface area contributed by atoms with Crippen LogP contribution in [0.25, 0.3) is 0 Å². The van der Waals surface area contributed by atoms with Crippen molar-refractivity contribution in [1.29, 1.82) is 0 Å². The summed E-state index contributed by atoms with van der Waals surface area (Å²) >= 11 is 0. The number of benzene rings is 1. The van der Waals surface area contributed by atoms with Crippen molar-refractivity contribution < 1.29 is 9.53 Å². The number of methoxy groups -OCH3 is 1. The van der Waals surface area contributed by atoms with Crippen LogP contribution in [0.4, 0.5) is 0 Å². The van der Waals surface area contributed by atoms with Gasteiger partial charge in [-0.15, -0.1) is 12.4 Å². The highest BCUT2D eigenvalue weighted by molar-refractivity contribution is 5.85. The maximum absolute atomic E-state index is 11.7. The second-order valence-electron chi connectivity index (χ2n) is 5.03. The quantitative estimate of drug-likeness (QED) is 0.689. The molecule has 0 radical (unpaired) electrons. The fourth-order valence-electron chi connectivity index (χ4n) is 2.05. The van der Waals surface area contributed by atoms with E-state index in [1.807, 2.05) is 25.1 Å². The summed E-state index contributed by atoms with van der Waals surface area (Å²) in [5.74, 6) is 0.968. The number of ether oxygens (including phenoxy) is 1.